The minimum absolute atomic E-state index is 0.318. The van der Waals surface area contributed by atoms with Gasteiger partial charge in [-0.3, -0.25) is 0 Å². The van der Waals surface area contributed by atoms with Crippen molar-refractivity contribution in [2.24, 2.45) is 11.8 Å². The van der Waals surface area contributed by atoms with Crippen LogP contribution in [0.1, 0.15) is 59.1 Å². The average Bonchev–Trinajstić information content (AvgIpc) is 2.37. The van der Waals surface area contributed by atoms with Crippen molar-refractivity contribution in [2.75, 3.05) is 18.0 Å². The summed E-state index contributed by atoms with van der Waals surface area (Å²) in [6, 6.07) is 5.08. The van der Waals surface area contributed by atoms with Crippen molar-refractivity contribution in [3.63, 3.8) is 0 Å². The van der Waals surface area contributed by atoms with E-state index in [1.165, 1.54) is 6.07 Å². The standard InChI is InChI=1S/C18H30FNO/c1-13(2)9-11-20(12-10-14(3)4)17-8-6-7-16(19)18(17)15(5)21/h6-8,13-15,21H,9-12H2,1-5H3. The maximum absolute atomic E-state index is 14.1. The normalized spacial score (nSPS) is 13.0. The molecule has 2 nitrogen and oxygen atoms in total. The van der Waals surface area contributed by atoms with E-state index in [2.05, 4.69) is 32.6 Å². The van der Waals surface area contributed by atoms with Crippen LogP contribution in [0.2, 0.25) is 0 Å². The van der Waals surface area contributed by atoms with Crippen LogP contribution in [0, 0.1) is 17.7 Å². The molecule has 0 aliphatic heterocycles. The third kappa shape index (κ3) is 5.66. The highest BCUT2D eigenvalue weighted by atomic mass is 19.1. The van der Waals surface area contributed by atoms with Crippen LogP contribution >= 0.6 is 0 Å². The van der Waals surface area contributed by atoms with Crippen molar-refractivity contribution in [3.05, 3.63) is 29.6 Å². The molecule has 1 N–H and O–H groups in total. The molecule has 1 aromatic carbocycles. The molecule has 0 aromatic heterocycles. The molecule has 0 spiro atoms. The molecule has 1 aromatic rings. The third-order valence-electron chi connectivity index (χ3n) is 3.74. The first kappa shape index (κ1) is 18.0. The highest BCUT2D eigenvalue weighted by Gasteiger charge is 2.18. The minimum atomic E-state index is -0.790. The number of anilines is 1. The number of aliphatic hydroxyl groups is 1. The van der Waals surface area contributed by atoms with Crippen LogP contribution in [0.15, 0.2) is 18.2 Å². The summed E-state index contributed by atoms with van der Waals surface area (Å²) in [5.41, 5.74) is 1.26. The summed E-state index contributed by atoms with van der Waals surface area (Å²) in [7, 11) is 0. The predicted octanol–water partition coefficient (Wildman–Crippen LogP) is 4.78. The quantitative estimate of drug-likeness (QED) is 0.746. The van der Waals surface area contributed by atoms with Crippen LogP contribution in [-0.2, 0) is 0 Å². The number of nitrogens with zero attached hydrogens (tertiary/aromatic N) is 1. The zero-order valence-corrected chi connectivity index (χ0v) is 14.1. The van der Waals surface area contributed by atoms with Crippen LogP contribution in [0.3, 0.4) is 0 Å². The van der Waals surface area contributed by atoms with E-state index in [4.69, 9.17) is 0 Å². The molecule has 1 rings (SSSR count). The van der Waals surface area contributed by atoms with E-state index in [0.717, 1.165) is 31.6 Å². The second-order valence-electron chi connectivity index (χ2n) is 6.70. The summed E-state index contributed by atoms with van der Waals surface area (Å²) in [5.74, 6) is 0.895. The van der Waals surface area contributed by atoms with Gasteiger partial charge in [-0.25, -0.2) is 4.39 Å². The first-order valence-corrected chi connectivity index (χ1v) is 8.04. The Hall–Kier alpha value is -1.09. The molecule has 3 heteroatoms. The van der Waals surface area contributed by atoms with Crippen molar-refractivity contribution in [3.8, 4) is 0 Å². The Morgan fingerprint density at radius 2 is 1.52 bits per heavy atom. The second-order valence-corrected chi connectivity index (χ2v) is 6.70. The number of aliphatic hydroxyl groups excluding tert-OH is 1. The van der Waals surface area contributed by atoms with Crippen molar-refractivity contribution in [1.82, 2.24) is 0 Å². The van der Waals surface area contributed by atoms with E-state index in [9.17, 15) is 9.50 Å². The van der Waals surface area contributed by atoms with Gasteiger partial charge in [0.05, 0.1) is 6.10 Å². The van der Waals surface area contributed by atoms with Gasteiger partial charge in [-0.1, -0.05) is 33.8 Å². The zero-order valence-electron chi connectivity index (χ0n) is 14.1. The van der Waals surface area contributed by atoms with E-state index in [0.29, 0.717) is 17.4 Å². The molecule has 0 heterocycles. The topological polar surface area (TPSA) is 23.5 Å². The molecule has 0 saturated carbocycles. The summed E-state index contributed by atoms with van der Waals surface area (Å²) < 4.78 is 14.1. The van der Waals surface area contributed by atoms with E-state index < -0.39 is 6.10 Å². The third-order valence-corrected chi connectivity index (χ3v) is 3.74. The van der Waals surface area contributed by atoms with Gasteiger partial charge in [0.1, 0.15) is 5.82 Å². The summed E-state index contributed by atoms with van der Waals surface area (Å²) in [6.45, 7) is 12.2. The lowest BCUT2D eigenvalue weighted by atomic mass is 10.0. The Morgan fingerprint density at radius 1 is 1.00 bits per heavy atom. The van der Waals surface area contributed by atoms with E-state index in [-0.39, 0.29) is 5.82 Å². The maximum atomic E-state index is 14.1. The molecule has 0 aliphatic rings. The molecular weight excluding hydrogens is 265 g/mol. The van der Waals surface area contributed by atoms with Crippen LogP contribution < -0.4 is 4.90 Å². The van der Waals surface area contributed by atoms with Gasteiger partial charge < -0.3 is 10.0 Å². The van der Waals surface area contributed by atoms with Gasteiger partial charge in [-0.15, -0.1) is 0 Å². The number of halogens is 1. The van der Waals surface area contributed by atoms with E-state index in [1.54, 1.807) is 13.0 Å². The lowest BCUT2D eigenvalue weighted by Crippen LogP contribution is -2.29. The number of hydrogen-bond donors (Lipinski definition) is 1. The van der Waals surface area contributed by atoms with Gasteiger partial charge in [0.25, 0.3) is 0 Å². The van der Waals surface area contributed by atoms with Crippen LogP contribution in [0.4, 0.5) is 10.1 Å². The molecule has 120 valence electrons. The molecule has 21 heavy (non-hydrogen) atoms. The first-order valence-electron chi connectivity index (χ1n) is 8.04. The number of benzene rings is 1. The fourth-order valence-corrected chi connectivity index (χ4v) is 2.40. The zero-order chi connectivity index (χ0) is 16.0. The molecule has 1 unspecified atom stereocenters. The van der Waals surface area contributed by atoms with Crippen molar-refractivity contribution in [2.45, 2.75) is 53.6 Å². The van der Waals surface area contributed by atoms with Gasteiger partial charge in [0, 0.05) is 24.3 Å². The molecule has 0 amide bonds. The number of hydrogen-bond acceptors (Lipinski definition) is 2. The molecule has 0 saturated heterocycles. The fourth-order valence-electron chi connectivity index (χ4n) is 2.40. The Labute approximate surface area is 129 Å². The molecular formula is C18H30FNO. The Morgan fingerprint density at radius 3 is 1.95 bits per heavy atom. The second kappa shape index (κ2) is 8.38. The first-order chi connectivity index (χ1) is 9.82. The largest absolute Gasteiger partial charge is 0.389 e. The summed E-state index contributed by atoms with van der Waals surface area (Å²) in [4.78, 5) is 2.23. The van der Waals surface area contributed by atoms with E-state index >= 15 is 0 Å². The smallest absolute Gasteiger partial charge is 0.131 e. The molecule has 0 bridgehead atoms. The lowest BCUT2D eigenvalue weighted by Gasteiger charge is -2.29. The highest BCUT2D eigenvalue weighted by molar-refractivity contribution is 5.55. The van der Waals surface area contributed by atoms with Gasteiger partial charge in [0.2, 0.25) is 0 Å². The Balaban J connectivity index is 3.03. The van der Waals surface area contributed by atoms with Gasteiger partial charge >= 0.3 is 0 Å². The predicted molar refractivity (Wildman–Crippen MR) is 88.2 cm³/mol. The van der Waals surface area contributed by atoms with Crippen molar-refractivity contribution < 1.29 is 9.50 Å². The van der Waals surface area contributed by atoms with Gasteiger partial charge in [0.15, 0.2) is 0 Å². The summed E-state index contributed by atoms with van der Waals surface area (Å²) >= 11 is 0. The van der Waals surface area contributed by atoms with Crippen molar-refractivity contribution in [1.29, 1.82) is 0 Å². The fraction of sp³-hybridized carbons (Fsp3) is 0.667. The van der Waals surface area contributed by atoms with Crippen molar-refractivity contribution >= 4 is 5.69 Å². The summed E-state index contributed by atoms with van der Waals surface area (Å²) in [6.07, 6.45) is 1.34. The SMILES string of the molecule is CC(C)CCN(CCC(C)C)c1cccc(F)c1C(C)O. The molecule has 0 fully saturated rings. The molecule has 0 radical (unpaired) electrons. The van der Waals surface area contributed by atoms with E-state index in [1.807, 2.05) is 6.07 Å². The highest BCUT2D eigenvalue weighted by Crippen LogP contribution is 2.30. The van der Waals surface area contributed by atoms with Crippen LogP contribution in [0.25, 0.3) is 0 Å². The minimum Gasteiger partial charge on any atom is -0.389 e. The molecule has 0 aliphatic carbocycles. The van der Waals surface area contributed by atoms with Gasteiger partial charge in [-0.2, -0.15) is 0 Å². The average molecular weight is 295 g/mol. The maximum Gasteiger partial charge on any atom is 0.131 e. The Bertz CT molecular complexity index is 417. The monoisotopic (exact) mass is 295 g/mol. The van der Waals surface area contributed by atoms with Crippen LogP contribution in [-0.4, -0.2) is 18.2 Å². The Kier molecular flexibility index (Phi) is 7.16. The summed E-state index contributed by atoms with van der Waals surface area (Å²) in [5, 5.41) is 9.92. The lowest BCUT2D eigenvalue weighted by molar-refractivity contribution is 0.194. The van der Waals surface area contributed by atoms with Gasteiger partial charge in [-0.05, 0) is 43.7 Å². The number of rotatable bonds is 8. The van der Waals surface area contributed by atoms with Crippen LogP contribution in [0.5, 0.6) is 0 Å². The molecule has 1 atom stereocenters.